The molecule has 0 radical (unpaired) electrons. The fraction of sp³-hybridized carbons (Fsp3) is 0.667. The quantitative estimate of drug-likeness (QED) is 0.873. The minimum atomic E-state index is -0.238. The van der Waals surface area contributed by atoms with Crippen molar-refractivity contribution in [2.45, 2.75) is 44.6 Å². The molecule has 1 aromatic carbocycles. The Bertz CT molecular complexity index is 491. The van der Waals surface area contributed by atoms with Crippen molar-refractivity contribution in [2.24, 2.45) is 0 Å². The highest BCUT2D eigenvalue weighted by atomic mass is 16.7. The van der Waals surface area contributed by atoms with E-state index in [0.29, 0.717) is 6.04 Å². The summed E-state index contributed by atoms with van der Waals surface area (Å²) < 4.78 is 16.9. The number of nitrogens with one attached hydrogen (secondary N) is 1. The zero-order valence-corrected chi connectivity index (χ0v) is 14.2. The molecule has 2 saturated heterocycles. The third-order valence-electron chi connectivity index (χ3n) is 4.64. The van der Waals surface area contributed by atoms with Crippen molar-refractivity contribution in [1.29, 1.82) is 0 Å². The number of hydrogen-bond donors (Lipinski definition) is 1. The Morgan fingerprint density at radius 3 is 2.83 bits per heavy atom. The van der Waals surface area contributed by atoms with E-state index in [1.807, 2.05) is 0 Å². The van der Waals surface area contributed by atoms with Crippen molar-refractivity contribution in [3.8, 4) is 0 Å². The van der Waals surface area contributed by atoms with Gasteiger partial charge >= 0.3 is 0 Å². The lowest BCUT2D eigenvalue weighted by Gasteiger charge is -2.31. The van der Waals surface area contributed by atoms with Crippen LogP contribution in [0.15, 0.2) is 24.3 Å². The molecule has 2 fully saturated rings. The summed E-state index contributed by atoms with van der Waals surface area (Å²) in [5.41, 5.74) is 6.02. The second kappa shape index (κ2) is 8.22. The van der Waals surface area contributed by atoms with E-state index in [9.17, 15) is 0 Å². The molecule has 2 heterocycles. The molecule has 1 N–H and O–H groups in total. The van der Waals surface area contributed by atoms with Crippen LogP contribution in [-0.2, 0) is 14.2 Å². The largest absolute Gasteiger partial charge is 0.383 e. The van der Waals surface area contributed by atoms with Crippen molar-refractivity contribution in [3.63, 3.8) is 0 Å². The number of methoxy groups -OCH3 is 1. The first-order valence-electron chi connectivity index (χ1n) is 8.63. The monoisotopic (exact) mass is 320 g/mol. The zero-order valence-electron chi connectivity index (χ0n) is 14.2. The molecule has 23 heavy (non-hydrogen) atoms. The van der Waals surface area contributed by atoms with Crippen LogP contribution in [0.25, 0.3) is 0 Å². The van der Waals surface area contributed by atoms with Gasteiger partial charge in [-0.15, -0.1) is 0 Å². The Labute approximate surface area is 138 Å². The molecule has 0 amide bonds. The Morgan fingerprint density at radius 1 is 1.26 bits per heavy atom. The van der Waals surface area contributed by atoms with Crippen LogP contribution in [0.2, 0.25) is 0 Å². The summed E-state index contributed by atoms with van der Waals surface area (Å²) in [6, 6.07) is 9.07. The van der Waals surface area contributed by atoms with Gasteiger partial charge < -0.3 is 14.2 Å². The average Bonchev–Trinajstić information content (AvgIpc) is 3.03. The van der Waals surface area contributed by atoms with Crippen molar-refractivity contribution in [2.75, 3.05) is 33.5 Å². The van der Waals surface area contributed by atoms with E-state index in [4.69, 9.17) is 14.2 Å². The van der Waals surface area contributed by atoms with Crippen LogP contribution in [-0.4, -0.2) is 44.5 Å². The summed E-state index contributed by atoms with van der Waals surface area (Å²) >= 11 is 0. The molecule has 0 unspecified atom stereocenters. The molecule has 2 aliphatic heterocycles. The molecule has 2 atom stereocenters. The van der Waals surface area contributed by atoms with Crippen molar-refractivity contribution in [1.82, 2.24) is 10.4 Å². The summed E-state index contributed by atoms with van der Waals surface area (Å²) in [4.78, 5) is 0. The van der Waals surface area contributed by atoms with Gasteiger partial charge in [0.25, 0.3) is 0 Å². The molecular weight excluding hydrogens is 292 g/mol. The molecule has 0 aliphatic carbocycles. The molecule has 5 nitrogen and oxygen atoms in total. The topological polar surface area (TPSA) is 43.0 Å². The van der Waals surface area contributed by atoms with Gasteiger partial charge in [-0.05, 0) is 31.7 Å². The maximum Gasteiger partial charge on any atom is 0.184 e. The van der Waals surface area contributed by atoms with Crippen molar-refractivity contribution in [3.05, 3.63) is 35.4 Å². The van der Waals surface area contributed by atoms with E-state index < -0.39 is 0 Å². The molecular formula is C18H28N2O3. The predicted octanol–water partition coefficient (Wildman–Crippen LogP) is 2.80. The van der Waals surface area contributed by atoms with Gasteiger partial charge in [0.1, 0.15) is 0 Å². The lowest BCUT2D eigenvalue weighted by atomic mass is 10.0. The summed E-state index contributed by atoms with van der Waals surface area (Å²) in [6.45, 7) is 5.57. The number of hydrogen-bond acceptors (Lipinski definition) is 5. The highest BCUT2D eigenvalue weighted by Crippen LogP contribution is 2.30. The van der Waals surface area contributed by atoms with Gasteiger partial charge in [0, 0.05) is 31.3 Å². The highest BCUT2D eigenvalue weighted by Gasteiger charge is 2.27. The molecule has 0 spiro atoms. The van der Waals surface area contributed by atoms with Crippen LogP contribution in [0.5, 0.6) is 0 Å². The van der Waals surface area contributed by atoms with Crippen LogP contribution in [0.4, 0.5) is 0 Å². The van der Waals surface area contributed by atoms with Crippen LogP contribution < -0.4 is 5.43 Å². The van der Waals surface area contributed by atoms with Crippen molar-refractivity contribution >= 4 is 0 Å². The fourth-order valence-electron chi connectivity index (χ4n) is 3.48. The summed E-state index contributed by atoms with van der Waals surface area (Å²) in [5, 5.41) is 2.33. The Kier molecular flexibility index (Phi) is 6.02. The van der Waals surface area contributed by atoms with Crippen molar-refractivity contribution < 1.29 is 14.2 Å². The second-order valence-corrected chi connectivity index (χ2v) is 6.35. The molecule has 0 saturated carbocycles. The lowest BCUT2D eigenvalue weighted by molar-refractivity contribution is -0.183. The number of nitrogens with zero attached hydrogens (tertiary/aromatic N) is 1. The minimum Gasteiger partial charge on any atom is -0.383 e. The van der Waals surface area contributed by atoms with E-state index in [2.05, 4.69) is 41.6 Å². The predicted molar refractivity (Wildman–Crippen MR) is 88.9 cm³/mol. The van der Waals surface area contributed by atoms with E-state index in [1.54, 1.807) is 7.11 Å². The van der Waals surface area contributed by atoms with E-state index >= 15 is 0 Å². The van der Waals surface area contributed by atoms with Crippen LogP contribution >= 0.6 is 0 Å². The zero-order chi connectivity index (χ0) is 16.1. The lowest BCUT2D eigenvalue weighted by Crippen LogP contribution is -2.45. The molecule has 0 aromatic heterocycles. The summed E-state index contributed by atoms with van der Waals surface area (Å²) in [6.07, 6.45) is 3.13. The number of rotatable bonds is 6. The molecule has 128 valence electrons. The molecule has 1 aromatic rings. The third-order valence-corrected chi connectivity index (χ3v) is 4.64. The first-order valence-corrected chi connectivity index (χ1v) is 8.63. The number of hydrazine groups is 1. The van der Waals surface area contributed by atoms with E-state index in [-0.39, 0.29) is 12.3 Å². The molecule has 5 heteroatoms. The maximum atomic E-state index is 5.80. The van der Waals surface area contributed by atoms with E-state index in [1.165, 1.54) is 18.4 Å². The van der Waals surface area contributed by atoms with Gasteiger partial charge in [0.2, 0.25) is 0 Å². The minimum absolute atomic E-state index is 0.206. The SMILES string of the molecule is COC[C@@H]1CCCN1N[C@H](C)c1ccccc1C1OCCCO1. The molecule has 0 bridgehead atoms. The number of benzene rings is 1. The van der Waals surface area contributed by atoms with Crippen LogP contribution in [0, 0.1) is 0 Å². The smallest absolute Gasteiger partial charge is 0.184 e. The van der Waals surface area contributed by atoms with Gasteiger partial charge in [-0.1, -0.05) is 24.3 Å². The normalized spacial score (nSPS) is 24.9. The first kappa shape index (κ1) is 16.9. The molecule has 3 rings (SSSR count). The maximum absolute atomic E-state index is 5.80. The standard InChI is InChI=1S/C18H28N2O3/c1-14(19-20-10-5-7-15(20)13-21-2)16-8-3-4-9-17(16)18-22-11-6-12-23-18/h3-4,8-9,14-15,18-19H,5-7,10-13H2,1-2H3/t14-,15+/m1/s1. The highest BCUT2D eigenvalue weighted by molar-refractivity contribution is 5.31. The van der Waals surface area contributed by atoms with Crippen LogP contribution in [0.1, 0.15) is 49.6 Å². The Morgan fingerprint density at radius 2 is 2.04 bits per heavy atom. The van der Waals surface area contributed by atoms with Gasteiger partial charge in [0.15, 0.2) is 6.29 Å². The molecule has 2 aliphatic rings. The first-order chi connectivity index (χ1) is 11.3. The Balaban J connectivity index is 1.70. The average molecular weight is 320 g/mol. The van der Waals surface area contributed by atoms with Gasteiger partial charge in [-0.25, -0.2) is 10.4 Å². The summed E-state index contributed by atoms with van der Waals surface area (Å²) in [5.74, 6) is 0. The summed E-state index contributed by atoms with van der Waals surface area (Å²) in [7, 11) is 1.77. The van der Waals surface area contributed by atoms with Crippen LogP contribution in [0.3, 0.4) is 0 Å². The third kappa shape index (κ3) is 4.11. The van der Waals surface area contributed by atoms with Gasteiger partial charge in [-0.2, -0.15) is 0 Å². The van der Waals surface area contributed by atoms with Gasteiger partial charge in [-0.3, -0.25) is 0 Å². The second-order valence-electron chi connectivity index (χ2n) is 6.35. The fourth-order valence-corrected chi connectivity index (χ4v) is 3.48. The Hall–Kier alpha value is -0.980. The van der Waals surface area contributed by atoms with Gasteiger partial charge in [0.05, 0.1) is 19.8 Å². The number of ether oxygens (including phenoxy) is 3. The van der Waals surface area contributed by atoms with E-state index in [0.717, 1.165) is 38.3 Å².